The zero-order chi connectivity index (χ0) is 25.6. The van der Waals surface area contributed by atoms with Crippen LogP contribution in [0.5, 0.6) is 0 Å². The predicted molar refractivity (Wildman–Crippen MR) is 132 cm³/mol. The number of carbonyl (C=O) groups excluding carboxylic acids is 2. The van der Waals surface area contributed by atoms with Gasteiger partial charge in [-0.2, -0.15) is 13.2 Å². The molecular weight excluding hydrogens is 465 g/mol. The number of hydrogen-bond donors (Lipinski definition) is 1. The Balaban J connectivity index is 1.41. The van der Waals surface area contributed by atoms with E-state index in [4.69, 9.17) is 0 Å². The summed E-state index contributed by atoms with van der Waals surface area (Å²) in [4.78, 5) is 28.2. The highest BCUT2D eigenvalue weighted by Gasteiger charge is 2.43. The minimum absolute atomic E-state index is 0.0747. The Morgan fingerprint density at radius 2 is 1.39 bits per heavy atom. The van der Waals surface area contributed by atoms with Gasteiger partial charge in [0.25, 0.3) is 0 Å². The topological polar surface area (TPSA) is 49.4 Å². The van der Waals surface area contributed by atoms with Crippen LogP contribution in [-0.2, 0) is 34.1 Å². The lowest BCUT2D eigenvalue weighted by atomic mass is 9.72. The van der Waals surface area contributed by atoms with Crippen LogP contribution in [0.15, 0.2) is 84.9 Å². The standard InChI is InChI=1S/C29H29F3N2O2/c30-29(31,32)25-14-11-23(12-15-25)21-33-27(36)28(24-9-5-2-6-10-24)17-19-34(20-18-28)26(35)16-13-22-7-3-1-4-8-22/h1-12,14-15H,13,16-21H2,(H,33,36). The second-order valence-electron chi connectivity index (χ2n) is 9.19. The van der Waals surface area contributed by atoms with Crippen LogP contribution in [0.3, 0.4) is 0 Å². The van der Waals surface area contributed by atoms with Gasteiger partial charge in [-0.15, -0.1) is 0 Å². The lowest BCUT2D eigenvalue weighted by molar-refractivity contribution is -0.137. The second kappa shape index (κ2) is 11.0. The Bertz CT molecular complexity index is 1150. The van der Waals surface area contributed by atoms with Crippen LogP contribution in [0.4, 0.5) is 13.2 Å². The van der Waals surface area contributed by atoms with Crippen LogP contribution in [-0.4, -0.2) is 29.8 Å². The highest BCUT2D eigenvalue weighted by Crippen LogP contribution is 2.36. The third-order valence-electron chi connectivity index (χ3n) is 6.94. The summed E-state index contributed by atoms with van der Waals surface area (Å²) < 4.78 is 38.5. The first-order chi connectivity index (χ1) is 17.3. The summed E-state index contributed by atoms with van der Waals surface area (Å²) in [7, 11) is 0. The molecule has 4 rings (SSSR count). The Hall–Kier alpha value is -3.61. The SMILES string of the molecule is O=C(CCc1ccccc1)N1CCC(C(=O)NCc2ccc(C(F)(F)F)cc2)(c2ccccc2)CC1. The van der Waals surface area contributed by atoms with E-state index in [9.17, 15) is 22.8 Å². The Kier molecular flexibility index (Phi) is 7.77. The fourth-order valence-electron chi connectivity index (χ4n) is 4.76. The number of hydrogen-bond acceptors (Lipinski definition) is 2. The molecule has 1 aliphatic rings. The van der Waals surface area contributed by atoms with Gasteiger partial charge in [0.2, 0.25) is 11.8 Å². The van der Waals surface area contributed by atoms with Crippen LogP contribution in [0, 0.1) is 0 Å². The summed E-state index contributed by atoms with van der Waals surface area (Å²) in [5.41, 5.74) is 1.06. The normalized spacial score (nSPS) is 15.4. The fourth-order valence-corrected chi connectivity index (χ4v) is 4.76. The van der Waals surface area contributed by atoms with E-state index in [1.165, 1.54) is 12.1 Å². The van der Waals surface area contributed by atoms with Crippen LogP contribution < -0.4 is 5.32 Å². The summed E-state index contributed by atoms with van der Waals surface area (Å²) in [5, 5.41) is 2.93. The van der Waals surface area contributed by atoms with Crippen LogP contribution in [0.25, 0.3) is 0 Å². The lowest BCUT2D eigenvalue weighted by Gasteiger charge is -2.41. The van der Waals surface area contributed by atoms with Crippen molar-refractivity contribution < 1.29 is 22.8 Å². The van der Waals surface area contributed by atoms with E-state index in [-0.39, 0.29) is 18.4 Å². The van der Waals surface area contributed by atoms with E-state index < -0.39 is 17.2 Å². The third kappa shape index (κ3) is 5.96. The van der Waals surface area contributed by atoms with Gasteiger partial charge in [0.15, 0.2) is 0 Å². The molecule has 1 N–H and O–H groups in total. The Morgan fingerprint density at radius 3 is 1.97 bits per heavy atom. The molecule has 1 fully saturated rings. The average molecular weight is 495 g/mol. The molecule has 1 heterocycles. The smallest absolute Gasteiger partial charge is 0.351 e. The van der Waals surface area contributed by atoms with Crippen LogP contribution in [0.2, 0.25) is 0 Å². The number of carbonyl (C=O) groups is 2. The van der Waals surface area contributed by atoms with Gasteiger partial charge in [-0.3, -0.25) is 9.59 Å². The van der Waals surface area contributed by atoms with Gasteiger partial charge in [-0.05, 0) is 48.1 Å². The molecule has 2 amide bonds. The molecule has 1 saturated heterocycles. The van der Waals surface area contributed by atoms with Gasteiger partial charge < -0.3 is 10.2 Å². The zero-order valence-electron chi connectivity index (χ0n) is 19.9. The number of alkyl halides is 3. The number of nitrogens with zero attached hydrogens (tertiary/aromatic N) is 1. The number of amides is 2. The number of piperidine rings is 1. The first-order valence-electron chi connectivity index (χ1n) is 12.1. The van der Waals surface area contributed by atoms with E-state index in [1.54, 1.807) is 0 Å². The summed E-state index contributed by atoms with van der Waals surface area (Å²) >= 11 is 0. The van der Waals surface area contributed by atoms with Crippen molar-refractivity contribution >= 4 is 11.8 Å². The number of nitrogens with one attached hydrogen (secondary N) is 1. The number of aryl methyl sites for hydroxylation is 1. The van der Waals surface area contributed by atoms with Crippen molar-refractivity contribution in [3.8, 4) is 0 Å². The summed E-state index contributed by atoms with van der Waals surface area (Å²) in [6.07, 6.45) is -2.35. The fraction of sp³-hybridized carbons (Fsp3) is 0.310. The number of benzene rings is 3. The maximum absolute atomic E-state index is 13.5. The van der Waals surface area contributed by atoms with Gasteiger partial charge >= 0.3 is 6.18 Å². The second-order valence-corrected chi connectivity index (χ2v) is 9.19. The van der Waals surface area contributed by atoms with E-state index in [0.717, 1.165) is 23.3 Å². The molecule has 188 valence electrons. The summed E-state index contributed by atoms with van der Waals surface area (Å²) in [5.74, 6) is -0.101. The molecule has 0 aromatic heterocycles. The molecule has 0 radical (unpaired) electrons. The largest absolute Gasteiger partial charge is 0.416 e. The quantitative estimate of drug-likeness (QED) is 0.471. The average Bonchev–Trinajstić information content (AvgIpc) is 2.91. The number of halogens is 3. The van der Waals surface area contributed by atoms with Crippen LogP contribution in [0.1, 0.15) is 41.5 Å². The van der Waals surface area contributed by atoms with Crippen molar-refractivity contribution in [3.05, 3.63) is 107 Å². The highest BCUT2D eigenvalue weighted by molar-refractivity contribution is 5.89. The van der Waals surface area contributed by atoms with E-state index >= 15 is 0 Å². The minimum atomic E-state index is -4.40. The molecule has 1 aliphatic heterocycles. The van der Waals surface area contributed by atoms with Gasteiger partial charge in [0, 0.05) is 26.1 Å². The Labute approximate surface area is 209 Å². The lowest BCUT2D eigenvalue weighted by Crippen LogP contribution is -2.52. The molecule has 36 heavy (non-hydrogen) atoms. The maximum atomic E-state index is 13.5. The number of rotatable bonds is 7. The molecule has 7 heteroatoms. The zero-order valence-corrected chi connectivity index (χ0v) is 19.9. The molecule has 0 spiro atoms. The predicted octanol–water partition coefficient (Wildman–Crippen LogP) is 5.51. The summed E-state index contributed by atoms with van der Waals surface area (Å²) in [6, 6.07) is 24.2. The molecule has 0 aliphatic carbocycles. The molecule has 0 unspecified atom stereocenters. The molecule has 0 atom stereocenters. The van der Waals surface area contributed by atoms with Gasteiger partial charge in [0.1, 0.15) is 0 Å². The maximum Gasteiger partial charge on any atom is 0.416 e. The van der Waals surface area contributed by atoms with E-state index in [1.807, 2.05) is 65.6 Å². The highest BCUT2D eigenvalue weighted by atomic mass is 19.4. The van der Waals surface area contributed by atoms with Crippen LogP contribution >= 0.6 is 0 Å². The molecule has 3 aromatic rings. The van der Waals surface area contributed by atoms with Crippen molar-refractivity contribution in [2.24, 2.45) is 0 Å². The van der Waals surface area contributed by atoms with Crippen molar-refractivity contribution in [1.82, 2.24) is 10.2 Å². The monoisotopic (exact) mass is 494 g/mol. The van der Waals surface area contributed by atoms with Crippen molar-refractivity contribution in [3.63, 3.8) is 0 Å². The molecule has 0 bridgehead atoms. The van der Waals surface area contributed by atoms with Crippen molar-refractivity contribution in [1.29, 1.82) is 0 Å². The first kappa shape index (κ1) is 25.5. The van der Waals surface area contributed by atoms with E-state index in [0.29, 0.717) is 44.3 Å². The van der Waals surface area contributed by atoms with Gasteiger partial charge in [-0.1, -0.05) is 72.8 Å². The first-order valence-corrected chi connectivity index (χ1v) is 12.1. The van der Waals surface area contributed by atoms with Gasteiger partial charge in [0.05, 0.1) is 11.0 Å². The molecule has 4 nitrogen and oxygen atoms in total. The van der Waals surface area contributed by atoms with E-state index in [2.05, 4.69) is 5.32 Å². The Morgan fingerprint density at radius 1 is 0.806 bits per heavy atom. The van der Waals surface area contributed by atoms with Gasteiger partial charge in [-0.25, -0.2) is 0 Å². The molecule has 0 saturated carbocycles. The molecular formula is C29H29F3N2O2. The summed E-state index contributed by atoms with van der Waals surface area (Å²) in [6.45, 7) is 1.07. The van der Waals surface area contributed by atoms with Crippen molar-refractivity contribution in [2.45, 2.75) is 43.8 Å². The van der Waals surface area contributed by atoms with Crippen molar-refractivity contribution in [2.75, 3.05) is 13.1 Å². The minimum Gasteiger partial charge on any atom is -0.351 e. The third-order valence-corrected chi connectivity index (χ3v) is 6.94. The molecule has 3 aromatic carbocycles. The number of likely N-dealkylation sites (tertiary alicyclic amines) is 1.